The minimum atomic E-state index is -0.488. The Morgan fingerprint density at radius 1 is 1.13 bits per heavy atom. The first kappa shape index (κ1) is 22.1. The number of ether oxygens (including phenoxy) is 2. The smallest absolute Gasteiger partial charge is 0.332 e. The molecule has 0 radical (unpaired) electrons. The van der Waals surface area contributed by atoms with Crippen LogP contribution >= 0.6 is 11.6 Å². The summed E-state index contributed by atoms with van der Waals surface area (Å²) >= 11 is 5.98. The number of hydrogen-bond donors (Lipinski definition) is 1. The highest BCUT2D eigenvalue weighted by Crippen LogP contribution is 2.20. The molecule has 1 N–H and O–H groups in total. The van der Waals surface area contributed by atoms with E-state index in [-0.39, 0.29) is 36.9 Å². The minimum absolute atomic E-state index is 0.116. The van der Waals surface area contributed by atoms with E-state index in [2.05, 4.69) is 4.98 Å². The summed E-state index contributed by atoms with van der Waals surface area (Å²) in [6.07, 6.45) is 0.295. The summed E-state index contributed by atoms with van der Waals surface area (Å²) in [5, 5.41) is 9.73. The molecule has 0 aliphatic heterocycles. The molecule has 0 atom stereocenters. The van der Waals surface area contributed by atoms with Gasteiger partial charge in [0.25, 0.3) is 11.6 Å². The van der Waals surface area contributed by atoms with E-state index in [4.69, 9.17) is 26.2 Å². The molecule has 0 amide bonds. The highest BCUT2D eigenvalue weighted by molar-refractivity contribution is 6.30. The average Bonchev–Trinajstić information content (AvgIpc) is 3.10. The van der Waals surface area contributed by atoms with Gasteiger partial charge in [-0.25, -0.2) is 4.79 Å². The number of nitrogens with zero attached hydrogens (tertiary/aromatic N) is 4. The van der Waals surface area contributed by atoms with Gasteiger partial charge in [0.2, 0.25) is 0 Å². The molecular formula is C20H25ClN4O5. The Morgan fingerprint density at radius 2 is 1.87 bits per heavy atom. The van der Waals surface area contributed by atoms with Crippen molar-refractivity contribution in [1.82, 2.24) is 18.7 Å². The second-order valence-electron chi connectivity index (χ2n) is 6.70. The molecule has 2 aromatic heterocycles. The molecule has 9 nitrogen and oxygen atoms in total. The zero-order valence-electron chi connectivity index (χ0n) is 17.0. The fourth-order valence-electron chi connectivity index (χ4n) is 3.14. The normalized spacial score (nSPS) is 11.3. The van der Waals surface area contributed by atoms with Crippen molar-refractivity contribution in [2.24, 2.45) is 7.05 Å². The number of halogens is 1. The van der Waals surface area contributed by atoms with Crippen molar-refractivity contribution in [3.8, 4) is 6.01 Å². The number of benzene rings is 1. The lowest BCUT2D eigenvalue weighted by Crippen LogP contribution is -2.39. The van der Waals surface area contributed by atoms with Crippen molar-refractivity contribution in [3.63, 3.8) is 0 Å². The molecule has 3 rings (SSSR count). The lowest BCUT2D eigenvalue weighted by atomic mass is 10.2. The van der Waals surface area contributed by atoms with Gasteiger partial charge < -0.3 is 14.6 Å². The van der Waals surface area contributed by atoms with E-state index in [0.29, 0.717) is 31.2 Å². The number of aliphatic hydroxyl groups excluding tert-OH is 1. The van der Waals surface area contributed by atoms with Gasteiger partial charge in [0.15, 0.2) is 11.2 Å². The molecule has 30 heavy (non-hydrogen) atoms. The van der Waals surface area contributed by atoms with Gasteiger partial charge in [0.05, 0.1) is 13.2 Å². The summed E-state index contributed by atoms with van der Waals surface area (Å²) in [5.74, 6) is 0. The minimum Gasteiger partial charge on any atom is -0.462 e. The summed E-state index contributed by atoms with van der Waals surface area (Å²) < 4.78 is 15.2. The summed E-state index contributed by atoms with van der Waals surface area (Å²) in [7, 11) is 1.56. The molecule has 0 aliphatic rings. The number of rotatable bonds is 10. The van der Waals surface area contributed by atoms with Gasteiger partial charge in [0.1, 0.15) is 6.61 Å². The van der Waals surface area contributed by atoms with Crippen LogP contribution in [0.25, 0.3) is 11.2 Å². The highest BCUT2D eigenvalue weighted by Gasteiger charge is 2.21. The first-order chi connectivity index (χ1) is 14.5. The number of aromatic nitrogens is 4. The van der Waals surface area contributed by atoms with Crippen LogP contribution in [-0.4, -0.2) is 50.2 Å². The van der Waals surface area contributed by atoms with Crippen LogP contribution in [0.2, 0.25) is 5.02 Å². The Morgan fingerprint density at radius 3 is 2.53 bits per heavy atom. The second-order valence-corrected chi connectivity index (χ2v) is 7.14. The van der Waals surface area contributed by atoms with Gasteiger partial charge in [-0.2, -0.15) is 4.98 Å². The molecule has 0 bridgehead atoms. The van der Waals surface area contributed by atoms with Crippen LogP contribution in [0.4, 0.5) is 0 Å². The molecule has 0 spiro atoms. The molecule has 0 saturated heterocycles. The number of aryl methyl sites for hydroxylation is 1. The van der Waals surface area contributed by atoms with Crippen molar-refractivity contribution < 1.29 is 14.6 Å². The molecule has 162 valence electrons. The molecule has 10 heteroatoms. The predicted molar refractivity (Wildman–Crippen MR) is 113 cm³/mol. The van der Waals surface area contributed by atoms with Crippen molar-refractivity contribution in [2.75, 3.05) is 26.4 Å². The Kier molecular flexibility index (Phi) is 7.30. The van der Waals surface area contributed by atoms with Crippen LogP contribution in [0.1, 0.15) is 18.9 Å². The third-order valence-electron chi connectivity index (χ3n) is 4.65. The first-order valence-electron chi connectivity index (χ1n) is 9.73. The average molecular weight is 437 g/mol. The van der Waals surface area contributed by atoms with E-state index in [0.717, 1.165) is 10.1 Å². The van der Waals surface area contributed by atoms with E-state index >= 15 is 0 Å². The van der Waals surface area contributed by atoms with Gasteiger partial charge in [-0.15, -0.1) is 0 Å². The summed E-state index contributed by atoms with van der Waals surface area (Å²) in [6.45, 7) is 3.39. The van der Waals surface area contributed by atoms with E-state index in [9.17, 15) is 9.59 Å². The largest absolute Gasteiger partial charge is 0.462 e. The zero-order valence-corrected chi connectivity index (χ0v) is 17.8. The van der Waals surface area contributed by atoms with E-state index in [1.165, 1.54) is 4.57 Å². The topological polar surface area (TPSA) is 101 Å². The molecule has 3 aromatic rings. The molecule has 0 unspecified atom stereocenters. The van der Waals surface area contributed by atoms with Crippen LogP contribution in [0.3, 0.4) is 0 Å². The lowest BCUT2D eigenvalue weighted by Gasteiger charge is -2.11. The monoisotopic (exact) mass is 436 g/mol. The molecule has 0 saturated carbocycles. The quantitative estimate of drug-likeness (QED) is 0.482. The number of imidazole rings is 1. The molecule has 2 heterocycles. The summed E-state index contributed by atoms with van der Waals surface area (Å²) in [4.78, 5) is 30.2. The fourth-order valence-corrected chi connectivity index (χ4v) is 3.27. The maximum absolute atomic E-state index is 13.2. The summed E-state index contributed by atoms with van der Waals surface area (Å²) in [6, 6.07) is 7.46. The third-order valence-corrected chi connectivity index (χ3v) is 4.91. The van der Waals surface area contributed by atoms with Gasteiger partial charge in [-0.05, 0) is 31.0 Å². The highest BCUT2D eigenvalue weighted by atomic mass is 35.5. The van der Waals surface area contributed by atoms with Crippen LogP contribution in [-0.2, 0) is 24.9 Å². The van der Waals surface area contributed by atoms with Crippen LogP contribution in [0.15, 0.2) is 33.9 Å². The second kappa shape index (κ2) is 9.92. The zero-order chi connectivity index (χ0) is 21.7. The Bertz CT molecular complexity index is 1120. The van der Waals surface area contributed by atoms with E-state index < -0.39 is 11.2 Å². The van der Waals surface area contributed by atoms with Crippen LogP contribution < -0.4 is 16.0 Å². The Labute approximate surface area is 178 Å². The van der Waals surface area contributed by atoms with Gasteiger partial charge in [0, 0.05) is 31.8 Å². The predicted octanol–water partition coefficient (Wildman–Crippen LogP) is 1.40. The first-order valence-corrected chi connectivity index (χ1v) is 10.1. The molecule has 0 fully saturated rings. The van der Waals surface area contributed by atoms with Crippen molar-refractivity contribution in [2.45, 2.75) is 26.4 Å². The van der Waals surface area contributed by atoms with Gasteiger partial charge in [-0.1, -0.05) is 23.7 Å². The number of aliphatic hydroxyl groups is 1. The Hall–Kier alpha value is -2.62. The summed E-state index contributed by atoms with van der Waals surface area (Å²) in [5.41, 5.74) is 0.436. The molecule has 1 aromatic carbocycles. The lowest BCUT2D eigenvalue weighted by molar-refractivity contribution is 0.105. The standard InChI is InChI=1S/C20H25ClN4O5/c1-3-29-11-12-30-19-22-17-16(25(19)13-14-5-7-15(21)8-6-14)18(27)24(9-4-10-26)20(28)23(17)2/h5-8,26H,3-4,9-13H2,1-2H3. The Balaban J connectivity index is 2.14. The van der Waals surface area contributed by atoms with Crippen molar-refractivity contribution >= 4 is 22.8 Å². The van der Waals surface area contributed by atoms with Crippen molar-refractivity contribution in [3.05, 3.63) is 55.7 Å². The number of fused-ring (bicyclic) bond motifs is 1. The van der Waals surface area contributed by atoms with Crippen LogP contribution in [0.5, 0.6) is 6.01 Å². The fraction of sp³-hybridized carbons (Fsp3) is 0.450. The molecular weight excluding hydrogens is 412 g/mol. The third kappa shape index (κ3) is 4.58. The van der Waals surface area contributed by atoms with Gasteiger partial charge >= 0.3 is 5.69 Å². The SMILES string of the molecule is CCOCCOc1nc2c(c(=O)n(CCCO)c(=O)n2C)n1Cc1ccc(Cl)cc1. The van der Waals surface area contributed by atoms with Crippen molar-refractivity contribution in [1.29, 1.82) is 0 Å². The maximum Gasteiger partial charge on any atom is 0.332 e. The molecule has 0 aliphatic carbocycles. The van der Waals surface area contributed by atoms with Crippen LogP contribution in [0, 0.1) is 0 Å². The van der Waals surface area contributed by atoms with Gasteiger partial charge in [-0.3, -0.25) is 18.5 Å². The van der Waals surface area contributed by atoms with E-state index in [1.807, 2.05) is 19.1 Å². The number of hydrogen-bond acceptors (Lipinski definition) is 6. The van der Waals surface area contributed by atoms with E-state index in [1.54, 1.807) is 23.7 Å². The maximum atomic E-state index is 13.2.